The predicted molar refractivity (Wildman–Crippen MR) is 411 cm³/mol. The summed E-state index contributed by atoms with van der Waals surface area (Å²) in [7, 11) is 0. The fraction of sp³-hybridized carbons (Fsp3) is 0. The molecule has 0 spiro atoms. The van der Waals surface area contributed by atoms with Gasteiger partial charge in [-0.25, -0.2) is 0 Å². The number of fused-ring (bicyclic) bond motifs is 8. The van der Waals surface area contributed by atoms with E-state index in [9.17, 15) is 0 Å². The third-order valence-corrected chi connectivity index (χ3v) is 19.4. The highest BCUT2D eigenvalue weighted by molar-refractivity contribution is 6.33. The Hall–Kier alpha value is -13.8. The number of nitrogens with zero attached hydrogens (tertiary/aromatic N) is 12. The number of para-hydroxylation sites is 8. The standard InChI is InChI=1S/C88H54N12/c1-9-25-75-55(17-1)37-63(47-89-75)97(64-38-56-18-2-10-26-76(56)90-48-64)83-45-84(98(65-39-57-19-3-11-27-77(57)91-49-65)66-40-58-20-4-12-28-78(58)92-50-66)72-35-36-74-86(100(69-43-61-23-7-15-31-81(61)95-53-69)70-44-62-24-8-16-32-82(62)96-54-70)46-85(73-34-33-71(83)87(72)88(73)74)99(67-41-59-21-5-13-29-79(59)93-51-67)68-42-60-22-6-14-30-80(60)94-52-68/h1-54H. The van der Waals surface area contributed by atoms with Gasteiger partial charge in [0.2, 0.25) is 0 Å². The van der Waals surface area contributed by atoms with Gasteiger partial charge in [0, 0.05) is 75.4 Å². The summed E-state index contributed by atoms with van der Waals surface area (Å²) < 4.78 is 0. The molecule has 0 radical (unpaired) electrons. The smallest absolute Gasteiger partial charge is 0.0703 e. The van der Waals surface area contributed by atoms with Crippen LogP contribution in [-0.4, -0.2) is 39.9 Å². The maximum atomic E-state index is 5.22. The topological polar surface area (TPSA) is 116 Å². The molecular weight excluding hydrogens is 1230 g/mol. The Bertz CT molecular complexity index is 5590. The minimum atomic E-state index is 0.849. The van der Waals surface area contributed by atoms with Crippen molar-refractivity contribution in [1.82, 2.24) is 39.9 Å². The highest BCUT2D eigenvalue weighted by atomic mass is 15.2. The molecule has 100 heavy (non-hydrogen) atoms. The van der Waals surface area contributed by atoms with Crippen LogP contribution in [0.4, 0.5) is 68.2 Å². The van der Waals surface area contributed by atoms with E-state index in [1.165, 1.54) is 0 Å². The van der Waals surface area contributed by atoms with Crippen LogP contribution >= 0.6 is 0 Å². The van der Waals surface area contributed by atoms with Gasteiger partial charge in [-0.15, -0.1) is 0 Å². The first-order valence-electron chi connectivity index (χ1n) is 33.3. The van der Waals surface area contributed by atoms with Crippen LogP contribution < -0.4 is 19.6 Å². The first-order valence-corrected chi connectivity index (χ1v) is 33.3. The lowest BCUT2D eigenvalue weighted by Crippen LogP contribution is -2.16. The van der Waals surface area contributed by atoms with E-state index in [1.807, 2.05) is 98.1 Å². The predicted octanol–water partition coefficient (Wildman–Crippen LogP) is 22.8. The number of hydrogen-bond donors (Lipinski definition) is 0. The summed E-state index contributed by atoms with van der Waals surface area (Å²) in [6.07, 6.45) is 15.9. The highest BCUT2D eigenvalue weighted by Crippen LogP contribution is 2.56. The van der Waals surface area contributed by atoms with Crippen molar-refractivity contribution in [2.75, 3.05) is 19.6 Å². The van der Waals surface area contributed by atoms with E-state index in [4.69, 9.17) is 39.9 Å². The van der Waals surface area contributed by atoms with Crippen LogP contribution in [0, 0.1) is 0 Å². The molecule has 0 fully saturated rings. The van der Waals surface area contributed by atoms with Crippen LogP contribution in [0.5, 0.6) is 0 Å². The fourth-order valence-electron chi connectivity index (χ4n) is 14.8. The minimum absolute atomic E-state index is 0.849. The summed E-state index contributed by atoms with van der Waals surface area (Å²) in [5.74, 6) is 0. The normalized spacial score (nSPS) is 11.8. The molecule has 0 amide bonds. The van der Waals surface area contributed by atoms with E-state index in [1.54, 1.807) is 0 Å². The third kappa shape index (κ3) is 9.45. The number of rotatable bonds is 12. The van der Waals surface area contributed by atoms with Crippen molar-refractivity contribution < 1.29 is 0 Å². The monoisotopic (exact) mass is 1280 g/mol. The molecule has 0 aliphatic heterocycles. The molecule has 0 saturated carbocycles. The van der Waals surface area contributed by atoms with Gasteiger partial charge in [0.1, 0.15) is 0 Å². The Morgan fingerprint density at radius 3 is 0.470 bits per heavy atom. The second kappa shape index (κ2) is 22.9. The van der Waals surface area contributed by atoms with Crippen molar-refractivity contribution in [2.24, 2.45) is 0 Å². The van der Waals surface area contributed by atoms with Gasteiger partial charge < -0.3 is 19.6 Å². The molecule has 8 heterocycles. The maximum Gasteiger partial charge on any atom is 0.0703 e. The SMILES string of the molecule is c1ccc2ncc(N(c3cnc4ccccc4c3)c3cc(N(c4cnc5ccccc5c4)c4cnc5ccccc5c4)c4ccc5c(N(c6cnc7ccccc7c6)c6cnc7ccccc7c6)cc(N(c6cnc7ccccc7c6)c6cnc7ccccc7c6)c6ccc3c4c65)cc2c1. The van der Waals surface area contributed by atoms with Gasteiger partial charge in [0.05, 0.1) is 162 Å². The molecule has 12 nitrogen and oxygen atoms in total. The quantitative estimate of drug-likeness (QED) is 0.108. The molecule has 0 saturated heterocycles. The first-order chi connectivity index (χ1) is 49.5. The minimum Gasteiger partial charge on any atom is -0.307 e. The van der Waals surface area contributed by atoms with Gasteiger partial charge in [-0.3, -0.25) is 39.9 Å². The molecule has 0 aliphatic carbocycles. The summed E-state index contributed by atoms with van der Waals surface area (Å²) in [5, 5.41) is 13.9. The third-order valence-electron chi connectivity index (χ3n) is 19.4. The zero-order valence-corrected chi connectivity index (χ0v) is 53.5. The van der Waals surface area contributed by atoms with E-state index in [0.717, 1.165) is 188 Å². The molecule has 20 rings (SSSR count). The van der Waals surface area contributed by atoms with E-state index in [2.05, 4.69) is 250 Å². The zero-order valence-electron chi connectivity index (χ0n) is 53.5. The van der Waals surface area contributed by atoms with E-state index in [-0.39, 0.29) is 0 Å². The second-order valence-corrected chi connectivity index (χ2v) is 25.3. The van der Waals surface area contributed by atoms with Crippen LogP contribution in [0.2, 0.25) is 0 Å². The van der Waals surface area contributed by atoms with Crippen LogP contribution in [-0.2, 0) is 0 Å². The van der Waals surface area contributed by atoms with Crippen LogP contribution in [0.1, 0.15) is 0 Å². The first kappa shape index (κ1) is 56.5. The largest absolute Gasteiger partial charge is 0.307 e. The Morgan fingerprint density at radius 1 is 0.160 bits per heavy atom. The summed E-state index contributed by atoms with van der Waals surface area (Å²) in [5.41, 5.74) is 17.4. The van der Waals surface area contributed by atoms with E-state index in [0.29, 0.717) is 0 Å². The second-order valence-electron chi connectivity index (χ2n) is 25.3. The molecule has 12 aromatic carbocycles. The molecular formula is C88H54N12. The highest BCUT2D eigenvalue weighted by Gasteiger charge is 2.31. The molecule has 0 unspecified atom stereocenters. The maximum absolute atomic E-state index is 5.22. The van der Waals surface area contributed by atoms with Crippen molar-refractivity contribution in [2.45, 2.75) is 0 Å². The molecule has 12 heteroatoms. The van der Waals surface area contributed by atoms with Crippen molar-refractivity contribution in [3.05, 3.63) is 329 Å². The summed E-state index contributed by atoms with van der Waals surface area (Å²) in [6, 6.07) is 98.3. The van der Waals surface area contributed by atoms with Gasteiger partial charge in [-0.05, 0) is 109 Å². The molecule has 0 N–H and O–H groups in total. The van der Waals surface area contributed by atoms with Crippen LogP contribution in [0.3, 0.4) is 0 Å². The summed E-state index contributed by atoms with van der Waals surface area (Å²) >= 11 is 0. The molecule has 20 aromatic rings. The summed E-state index contributed by atoms with van der Waals surface area (Å²) in [4.78, 5) is 51.1. The number of benzene rings is 12. The van der Waals surface area contributed by atoms with Crippen molar-refractivity contribution >= 4 is 188 Å². The van der Waals surface area contributed by atoms with Crippen molar-refractivity contribution in [3.63, 3.8) is 0 Å². The molecule has 8 aromatic heterocycles. The van der Waals surface area contributed by atoms with E-state index < -0.39 is 0 Å². The lowest BCUT2D eigenvalue weighted by molar-refractivity contribution is 1.22. The number of pyridine rings is 8. The lowest BCUT2D eigenvalue weighted by atomic mass is 9.89. The van der Waals surface area contributed by atoms with Gasteiger partial charge in [0.25, 0.3) is 0 Å². The molecule has 0 atom stereocenters. The summed E-state index contributed by atoms with van der Waals surface area (Å²) in [6.45, 7) is 0. The Balaban J connectivity index is 0.978. The van der Waals surface area contributed by atoms with Crippen molar-refractivity contribution in [3.8, 4) is 0 Å². The average molecular weight is 1280 g/mol. The van der Waals surface area contributed by atoms with Crippen LogP contribution in [0.15, 0.2) is 329 Å². The lowest BCUT2D eigenvalue weighted by Gasteiger charge is -2.34. The van der Waals surface area contributed by atoms with E-state index >= 15 is 0 Å². The van der Waals surface area contributed by atoms with Gasteiger partial charge in [0.15, 0.2) is 0 Å². The van der Waals surface area contributed by atoms with Crippen molar-refractivity contribution in [1.29, 1.82) is 0 Å². The molecule has 0 bridgehead atoms. The Labute approximate surface area is 572 Å². The van der Waals surface area contributed by atoms with Gasteiger partial charge >= 0.3 is 0 Å². The fourth-order valence-corrected chi connectivity index (χ4v) is 14.8. The molecule has 466 valence electrons. The van der Waals surface area contributed by atoms with Gasteiger partial charge in [-0.1, -0.05) is 170 Å². The van der Waals surface area contributed by atoms with Crippen LogP contribution in [0.25, 0.3) is 120 Å². The Kier molecular flexibility index (Phi) is 13.0. The number of aromatic nitrogens is 8. The molecule has 0 aliphatic rings. The van der Waals surface area contributed by atoms with Gasteiger partial charge in [-0.2, -0.15) is 0 Å². The zero-order chi connectivity index (χ0) is 65.8. The number of hydrogen-bond acceptors (Lipinski definition) is 12. The average Bonchev–Trinajstić information content (AvgIpc) is 0.698. The Morgan fingerprint density at radius 2 is 0.310 bits per heavy atom. The number of anilines is 12.